The minimum atomic E-state index is -0.262. The smallest absolute Gasteiger partial charge is 0.241 e. The van der Waals surface area contributed by atoms with Crippen LogP contribution in [-0.2, 0) is 21.4 Å². The summed E-state index contributed by atoms with van der Waals surface area (Å²) >= 11 is 0. The molecule has 0 radical (unpaired) electrons. The number of halogens is 1. The van der Waals surface area contributed by atoms with Gasteiger partial charge in [0.15, 0.2) is 0 Å². The van der Waals surface area contributed by atoms with Crippen molar-refractivity contribution in [2.24, 2.45) is 0 Å². The fraction of sp³-hybridized carbons (Fsp3) is 0.576. The highest BCUT2D eigenvalue weighted by Crippen LogP contribution is 2.43. The molecule has 8 nitrogen and oxygen atoms in total. The molecule has 0 saturated carbocycles. The molecular weight excluding hydrogens is 531 g/mol. The molecule has 6 rings (SSSR count). The van der Waals surface area contributed by atoms with Crippen molar-refractivity contribution in [1.82, 2.24) is 24.7 Å². The lowest BCUT2D eigenvalue weighted by molar-refractivity contribution is -0.121. The zero-order valence-corrected chi connectivity index (χ0v) is 25.9. The number of nitrogens with one attached hydrogen (secondary N) is 1. The molecule has 3 aliphatic rings. The molecule has 226 valence electrons. The Balaban J connectivity index is 1.32. The quantitative estimate of drug-likeness (QED) is 0.483. The van der Waals surface area contributed by atoms with Crippen LogP contribution in [0.2, 0.25) is 0 Å². The second-order valence-electron chi connectivity index (χ2n) is 13.4. The van der Waals surface area contributed by atoms with Crippen molar-refractivity contribution in [3.8, 4) is 0 Å². The Morgan fingerprint density at radius 3 is 2.67 bits per heavy atom. The number of rotatable bonds is 6. The van der Waals surface area contributed by atoms with E-state index in [1.165, 1.54) is 12.1 Å². The molecule has 1 aromatic carbocycles. The summed E-state index contributed by atoms with van der Waals surface area (Å²) in [6.07, 6.45) is 0.639. The van der Waals surface area contributed by atoms with Crippen LogP contribution in [0, 0.1) is 19.7 Å². The first-order valence-electron chi connectivity index (χ1n) is 15.4. The lowest BCUT2D eigenvalue weighted by Gasteiger charge is -2.43. The van der Waals surface area contributed by atoms with Gasteiger partial charge >= 0.3 is 0 Å². The van der Waals surface area contributed by atoms with Crippen LogP contribution in [0.15, 0.2) is 30.3 Å². The maximum absolute atomic E-state index is 14.2. The molecule has 5 heterocycles. The summed E-state index contributed by atoms with van der Waals surface area (Å²) in [5.74, 6) is -0.111. The van der Waals surface area contributed by atoms with Crippen LogP contribution in [0.25, 0.3) is 5.52 Å². The Hall–Kier alpha value is -2.85. The number of aryl methyl sites for hydroxylation is 2. The summed E-state index contributed by atoms with van der Waals surface area (Å²) in [6, 6.07) is 9.86. The van der Waals surface area contributed by atoms with E-state index in [0.717, 1.165) is 78.7 Å². The Morgan fingerprint density at radius 2 is 1.93 bits per heavy atom. The maximum Gasteiger partial charge on any atom is 0.241 e. The van der Waals surface area contributed by atoms with Gasteiger partial charge in [0.2, 0.25) is 5.91 Å². The van der Waals surface area contributed by atoms with Gasteiger partial charge in [-0.3, -0.25) is 14.6 Å². The minimum absolute atomic E-state index is 0.128. The standard InChI is InChI=1S/C33H45FN6O2/c1-21-16-38(28(15-35-21)17-37-11-12-42-19-22(37)2)18-30(41)39-20-33(5,6)32-29(39)14-26(13-25-7-9-27(34)10-8-25)31-23(3)24(4)36-40(31)32/h7-10,14,21-22,28,35H,11-13,15-20H2,1-6H3/t21-,22-,28-/m1/s1. The molecule has 3 aliphatic heterocycles. The zero-order valence-electron chi connectivity index (χ0n) is 25.9. The van der Waals surface area contributed by atoms with Crippen LogP contribution in [0.3, 0.4) is 0 Å². The fourth-order valence-corrected chi connectivity index (χ4v) is 7.10. The molecule has 0 unspecified atom stereocenters. The van der Waals surface area contributed by atoms with Gasteiger partial charge in [0.05, 0.1) is 42.4 Å². The van der Waals surface area contributed by atoms with Gasteiger partial charge in [-0.1, -0.05) is 26.0 Å². The summed E-state index contributed by atoms with van der Waals surface area (Å²) in [6.45, 7) is 19.1. The summed E-state index contributed by atoms with van der Waals surface area (Å²) < 4.78 is 21.4. The Kier molecular flexibility index (Phi) is 7.89. The maximum atomic E-state index is 14.2. The van der Waals surface area contributed by atoms with Gasteiger partial charge in [-0.2, -0.15) is 5.10 Å². The Bertz CT molecular complexity index is 1470. The monoisotopic (exact) mass is 576 g/mol. The van der Waals surface area contributed by atoms with E-state index in [1.54, 1.807) is 0 Å². The number of nitrogens with zero attached hydrogens (tertiary/aromatic N) is 5. The molecular formula is C33H45FN6O2. The first-order valence-corrected chi connectivity index (χ1v) is 15.4. The number of benzene rings is 1. The van der Waals surface area contributed by atoms with Gasteiger partial charge in [-0.15, -0.1) is 0 Å². The van der Waals surface area contributed by atoms with Crippen molar-refractivity contribution in [2.45, 2.75) is 71.5 Å². The van der Waals surface area contributed by atoms with Crippen molar-refractivity contribution in [1.29, 1.82) is 0 Å². The minimum Gasteiger partial charge on any atom is -0.379 e. The van der Waals surface area contributed by atoms with Crippen molar-refractivity contribution in [3.05, 3.63) is 64.2 Å². The molecule has 0 spiro atoms. The molecule has 2 saturated heterocycles. The highest BCUT2D eigenvalue weighted by atomic mass is 19.1. The van der Waals surface area contributed by atoms with Gasteiger partial charge < -0.3 is 15.0 Å². The molecule has 2 fully saturated rings. The van der Waals surface area contributed by atoms with Crippen molar-refractivity contribution in [2.75, 3.05) is 57.4 Å². The number of fused-ring (bicyclic) bond motifs is 3. The molecule has 3 aromatic rings. The lowest BCUT2D eigenvalue weighted by Crippen LogP contribution is -2.62. The van der Waals surface area contributed by atoms with E-state index in [2.05, 4.69) is 60.3 Å². The van der Waals surface area contributed by atoms with Crippen LogP contribution in [-0.4, -0.2) is 95.9 Å². The van der Waals surface area contributed by atoms with Crippen molar-refractivity contribution >= 4 is 17.1 Å². The molecule has 9 heteroatoms. The van der Waals surface area contributed by atoms with Gasteiger partial charge in [-0.25, -0.2) is 8.91 Å². The predicted octanol–water partition coefficient (Wildman–Crippen LogP) is 3.69. The number of ether oxygens (including phenoxy) is 1. The average Bonchev–Trinajstić information content (AvgIpc) is 3.39. The number of aromatic nitrogens is 2. The van der Waals surface area contributed by atoms with E-state index >= 15 is 0 Å². The van der Waals surface area contributed by atoms with E-state index in [-0.39, 0.29) is 23.2 Å². The van der Waals surface area contributed by atoms with E-state index in [1.807, 2.05) is 24.0 Å². The van der Waals surface area contributed by atoms with E-state index < -0.39 is 0 Å². The molecule has 0 aliphatic carbocycles. The summed E-state index contributed by atoms with van der Waals surface area (Å²) in [7, 11) is 0. The number of pyridine rings is 1. The van der Waals surface area contributed by atoms with E-state index in [4.69, 9.17) is 9.84 Å². The second-order valence-corrected chi connectivity index (χ2v) is 13.4. The number of hydrogen-bond acceptors (Lipinski definition) is 6. The molecule has 1 N–H and O–H groups in total. The average molecular weight is 577 g/mol. The highest BCUT2D eigenvalue weighted by Gasteiger charge is 2.42. The molecule has 3 atom stereocenters. The molecule has 42 heavy (non-hydrogen) atoms. The summed E-state index contributed by atoms with van der Waals surface area (Å²) in [5.41, 5.74) is 7.11. The number of morpholine rings is 1. The molecule has 1 amide bonds. The largest absolute Gasteiger partial charge is 0.379 e. The third-order valence-corrected chi connectivity index (χ3v) is 9.54. The fourth-order valence-electron chi connectivity index (χ4n) is 7.10. The van der Waals surface area contributed by atoms with Gasteiger partial charge in [0, 0.05) is 56.3 Å². The highest BCUT2D eigenvalue weighted by molar-refractivity contribution is 5.98. The first kappa shape index (κ1) is 29.2. The number of amides is 1. The number of carbonyl (C=O) groups is 1. The Morgan fingerprint density at radius 1 is 1.17 bits per heavy atom. The third kappa shape index (κ3) is 5.48. The Labute approximate surface area is 248 Å². The second kappa shape index (κ2) is 11.3. The van der Waals surface area contributed by atoms with Crippen LogP contribution >= 0.6 is 0 Å². The lowest BCUT2D eigenvalue weighted by atomic mass is 9.90. The summed E-state index contributed by atoms with van der Waals surface area (Å²) in [4.78, 5) is 21.1. The normalized spacial score (nSPS) is 24.8. The van der Waals surface area contributed by atoms with Crippen molar-refractivity contribution in [3.63, 3.8) is 0 Å². The van der Waals surface area contributed by atoms with Crippen LogP contribution in [0.1, 0.15) is 55.8 Å². The van der Waals surface area contributed by atoms with Crippen LogP contribution < -0.4 is 10.2 Å². The van der Waals surface area contributed by atoms with Gasteiger partial charge in [0.1, 0.15) is 5.82 Å². The van der Waals surface area contributed by atoms with Crippen molar-refractivity contribution < 1.29 is 13.9 Å². The van der Waals surface area contributed by atoms with Crippen LogP contribution in [0.4, 0.5) is 10.1 Å². The molecule has 0 bridgehead atoms. The number of carbonyl (C=O) groups excluding carboxylic acids is 1. The topological polar surface area (TPSA) is 65.4 Å². The van der Waals surface area contributed by atoms with E-state index in [9.17, 15) is 9.18 Å². The van der Waals surface area contributed by atoms with E-state index in [0.29, 0.717) is 31.6 Å². The zero-order chi connectivity index (χ0) is 29.8. The van der Waals surface area contributed by atoms with Crippen LogP contribution in [0.5, 0.6) is 0 Å². The summed E-state index contributed by atoms with van der Waals surface area (Å²) in [5, 5.41) is 8.62. The van der Waals surface area contributed by atoms with Gasteiger partial charge in [0.25, 0.3) is 0 Å². The predicted molar refractivity (Wildman–Crippen MR) is 164 cm³/mol. The SMILES string of the molecule is Cc1nn2c3c(cc(Cc4ccc(F)cc4)c2c1C)N(C(=O)CN1C[C@@H](C)NC[C@@H]1CN1CCOC[C@H]1C)CC3(C)C. The first-order chi connectivity index (χ1) is 20.0. The molecule has 2 aromatic heterocycles. The number of anilines is 1. The third-order valence-electron chi connectivity index (χ3n) is 9.54. The number of hydrogen-bond donors (Lipinski definition) is 1. The van der Waals surface area contributed by atoms with Gasteiger partial charge in [-0.05, 0) is 69.0 Å². The number of piperazine rings is 1.